The number of carbonyl (C=O) groups is 1. The van der Waals surface area contributed by atoms with E-state index >= 15 is 0 Å². The van der Waals surface area contributed by atoms with Crippen LogP contribution in [-0.2, 0) is 22.1 Å². The molecule has 1 aromatic heterocycles. The number of piperazine rings is 1. The van der Waals surface area contributed by atoms with Crippen LogP contribution in [0.1, 0.15) is 27.0 Å². The van der Waals surface area contributed by atoms with Crippen molar-refractivity contribution in [3.63, 3.8) is 0 Å². The zero-order chi connectivity index (χ0) is 26.9. The Kier molecular flexibility index (Phi) is 7.47. The summed E-state index contributed by atoms with van der Waals surface area (Å²) in [6.45, 7) is 4.98. The SMILES string of the molecule is Cc1cc(C(=O)N2CCN(Cc3ccc(F)c(Cl)c3)CC2)ccc1CS(=O)(=O)c1cccc2cccnc12. The predicted molar refractivity (Wildman–Crippen MR) is 146 cm³/mol. The van der Waals surface area contributed by atoms with E-state index in [1.54, 1.807) is 59.6 Å². The predicted octanol–water partition coefficient (Wildman–Crippen LogP) is 5.27. The molecule has 1 amide bonds. The van der Waals surface area contributed by atoms with Gasteiger partial charge in [-0.3, -0.25) is 14.7 Å². The molecule has 1 aliphatic rings. The van der Waals surface area contributed by atoms with Gasteiger partial charge in [0.25, 0.3) is 5.91 Å². The van der Waals surface area contributed by atoms with E-state index in [0.29, 0.717) is 49.4 Å². The van der Waals surface area contributed by atoms with E-state index in [4.69, 9.17) is 11.6 Å². The molecule has 6 nitrogen and oxygen atoms in total. The number of rotatable bonds is 6. The molecule has 0 atom stereocenters. The minimum atomic E-state index is -3.65. The van der Waals surface area contributed by atoms with Crippen LogP contribution in [0, 0.1) is 12.7 Å². The number of aromatic nitrogens is 1. The number of halogens is 2. The molecule has 1 aliphatic heterocycles. The molecule has 2 heterocycles. The molecular formula is C29H27ClFN3O3S. The van der Waals surface area contributed by atoms with Crippen molar-refractivity contribution in [3.05, 3.63) is 106 Å². The summed E-state index contributed by atoms with van der Waals surface area (Å²) in [7, 11) is -3.65. The monoisotopic (exact) mass is 551 g/mol. The first-order chi connectivity index (χ1) is 18.2. The van der Waals surface area contributed by atoms with Crippen LogP contribution in [0.4, 0.5) is 4.39 Å². The lowest BCUT2D eigenvalue weighted by molar-refractivity contribution is 0.0628. The molecule has 1 fully saturated rings. The molecule has 0 N–H and O–H groups in total. The van der Waals surface area contributed by atoms with Crippen LogP contribution in [0.5, 0.6) is 0 Å². The highest BCUT2D eigenvalue weighted by Gasteiger charge is 2.24. The standard InChI is InChI=1S/C29H27ClFN3O3S/c1-20-16-23(29(35)34-14-12-33(13-15-34)18-21-7-10-26(31)25(30)17-21)8-9-24(20)19-38(36,37)27-6-2-4-22-5-3-11-32-28(22)27/h2-11,16-17H,12-15,18-19H2,1H3. The van der Waals surface area contributed by atoms with Crippen molar-refractivity contribution in [2.45, 2.75) is 24.1 Å². The van der Waals surface area contributed by atoms with Crippen LogP contribution >= 0.6 is 11.6 Å². The van der Waals surface area contributed by atoms with Crippen molar-refractivity contribution in [2.75, 3.05) is 26.2 Å². The fourth-order valence-electron chi connectivity index (χ4n) is 4.79. The molecule has 0 aliphatic carbocycles. The number of sulfone groups is 1. The van der Waals surface area contributed by atoms with Crippen LogP contribution in [0.3, 0.4) is 0 Å². The van der Waals surface area contributed by atoms with Crippen molar-refractivity contribution in [1.29, 1.82) is 0 Å². The Hall–Kier alpha value is -3.33. The van der Waals surface area contributed by atoms with Crippen molar-refractivity contribution in [2.24, 2.45) is 0 Å². The van der Waals surface area contributed by atoms with Crippen molar-refractivity contribution in [3.8, 4) is 0 Å². The van der Waals surface area contributed by atoms with Gasteiger partial charge in [-0.05, 0) is 60.0 Å². The van der Waals surface area contributed by atoms with Gasteiger partial charge in [0.05, 0.1) is 21.2 Å². The fourth-order valence-corrected chi connectivity index (χ4v) is 6.63. The summed E-state index contributed by atoms with van der Waals surface area (Å²) in [6.07, 6.45) is 1.59. The number of pyridine rings is 1. The largest absolute Gasteiger partial charge is 0.336 e. The van der Waals surface area contributed by atoms with E-state index in [2.05, 4.69) is 9.88 Å². The minimum absolute atomic E-state index is 0.0785. The highest BCUT2D eigenvalue weighted by atomic mass is 35.5. The summed E-state index contributed by atoms with van der Waals surface area (Å²) in [5.41, 5.74) is 3.32. The highest BCUT2D eigenvalue weighted by Crippen LogP contribution is 2.26. The second-order valence-electron chi connectivity index (χ2n) is 9.55. The number of aryl methyl sites for hydroxylation is 1. The first-order valence-corrected chi connectivity index (χ1v) is 14.4. The summed E-state index contributed by atoms with van der Waals surface area (Å²) in [5, 5.41) is 0.879. The van der Waals surface area contributed by atoms with Gasteiger partial charge in [-0.25, -0.2) is 12.8 Å². The zero-order valence-corrected chi connectivity index (χ0v) is 22.5. The third-order valence-electron chi connectivity index (χ3n) is 6.92. The average molecular weight is 552 g/mol. The van der Waals surface area contributed by atoms with Gasteiger partial charge in [0.2, 0.25) is 0 Å². The Bertz CT molecular complexity index is 1610. The fraction of sp³-hybridized carbons (Fsp3) is 0.241. The lowest BCUT2D eigenvalue weighted by Gasteiger charge is -2.35. The molecule has 0 unspecified atom stereocenters. The second kappa shape index (κ2) is 10.8. The van der Waals surface area contributed by atoms with Gasteiger partial charge in [-0.1, -0.05) is 41.9 Å². The van der Waals surface area contributed by atoms with Crippen molar-refractivity contribution < 1.29 is 17.6 Å². The average Bonchev–Trinajstić information content (AvgIpc) is 2.91. The molecular weight excluding hydrogens is 525 g/mol. The van der Waals surface area contributed by atoms with Crippen LogP contribution < -0.4 is 0 Å². The summed E-state index contributed by atoms with van der Waals surface area (Å²) in [5.74, 6) is -0.685. The second-order valence-corrected chi connectivity index (χ2v) is 11.9. The molecule has 4 aromatic rings. The third kappa shape index (κ3) is 5.57. The molecule has 5 rings (SSSR count). The van der Waals surface area contributed by atoms with E-state index < -0.39 is 15.7 Å². The number of hydrogen-bond donors (Lipinski definition) is 0. The molecule has 0 bridgehead atoms. The summed E-state index contributed by atoms with van der Waals surface area (Å²) >= 11 is 5.90. The maximum atomic E-state index is 13.4. The number of fused-ring (bicyclic) bond motifs is 1. The first kappa shape index (κ1) is 26.3. The van der Waals surface area contributed by atoms with E-state index in [1.807, 2.05) is 19.1 Å². The lowest BCUT2D eigenvalue weighted by atomic mass is 10.1. The van der Waals surface area contributed by atoms with Crippen LogP contribution in [0.25, 0.3) is 10.9 Å². The van der Waals surface area contributed by atoms with Crippen LogP contribution in [0.15, 0.2) is 77.8 Å². The maximum Gasteiger partial charge on any atom is 0.253 e. The molecule has 3 aromatic carbocycles. The van der Waals surface area contributed by atoms with Gasteiger partial charge in [-0.15, -0.1) is 0 Å². The van der Waals surface area contributed by atoms with Crippen molar-refractivity contribution >= 4 is 38.2 Å². The van der Waals surface area contributed by atoms with Crippen LogP contribution in [0.2, 0.25) is 5.02 Å². The molecule has 1 saturated heterocycles. The van der Waals surface area contributed by atoms with E-state index in [0.717, 1.165) is 16.5 Å². The number of hydrogen-bond acceptors (Lipinski definition) is 5. The normalized spacial score (nSPS) is 14.7. The Morgan fingerprint density at radius 2 is 1.76 bits per heavy atom. The van der Waals surface area contributed by atoms with E-state index in [-0.39, 0.29) is 21.6 Å². The van der Waals surface area contributed by atoms with Gasteiger partial charge in [-0.2, -0.15) is 0 Å². The van der Waals surface area contributed by atoms with E-state index in [1.165, 1.54) is 6.07 Å². The summed E-state index contributed by atoms with van der Waals surface area (Å²) in [4.78, 5) is 21.7. The van der Waals surface area contributed by atoms with Crippen LogP contribution in [-0.4, -0.2) is 55.3 Å². The molecule has 0 radical (unpaired) electrons. The van der Waals surface area contributed by atoms with Gasteiger partial charge >= 0.3 is 0 Å². The molecule has 38 heavy (non-hydrogen) atoms. The topological polar surface area (TPSA) is 70.6 Å². The number of para-hydroxylation sites is 1. The Labute approximate surface area is 226 Å². The smallest absolute Gasteiger partial charge is 0.253 e. The number of carbonyl (C=O) groups excluding carboxylic acids is 1. The quantitative estimate of drug-likeness (QED) is 0.326. The van der Waals surface area contributed by atoms with E-state index in [9.17, 15) is 17.6 Å². The molecule has 196 valence electrons. The Morgan fingerprint density at radius 3 is 2.50 bits per heavy atom. The minimum Gasteiger partial charge on any atom is -0.336 e. The number of benzene rings is 3. The third-order valence-corrected chi connectivity index (χ3v) is 8.90. The summed E-state index contributed by atoms with van der Waals surface area (Å²) in [6, 6.07) is 18.7. The maximum absolute atomic E-state index is 13.4. The van der Waals surface area contributed by atoms with Gasteiger partial charge < -0.3 is 4.90 Å². The first-order valence-electron chi connectivity index (χ1n) is 12.3. The Morgan fingerprint density at radius 1 is 1.00 bits per heavy atom. The van der Waals surface area contributed by atoms with Gasteiger partial charge in [0.15, 0.2) is 9.84 Å². The number of nitrogens with zero attached hydrogens (tertiary/aromatic N) is 3. The highest BCUT2D eigenvalue weighted by molar-refractivity contribution is 7.90. The number of amides is 1. The van der Waals surface area contributed by atoms with Crippen molar-refractivity contribution in [1.82, 2.24) is 14.8 Å². The zero-order valence-electron chi connectivity index (χ0n) is 20.9. The molecule has 0 saturated carbocycles. The lowest BCUT2D eigenvalue weighted by Crippen LogP contribution is -2.48. The summed E-state index contributed by atoms with van der Waals surface area (Å²) < 4.78 is 40.0. The van der Waals surface area contributed by atoms with Gasteiger partial charge in [0, 0.05) is 49.9 Å². The Balaban J connectivity index is 1.24. The van der Waals surface area contributed by atoms with Gasteiger partial charge in [0.1, 0.15) is 5.82 Å². The molecule has 9 heteroatoms. The molecule has 0 spiro atoms.